The van der Waals surface area contributed by atoms with Gasteiger partial charge in [-0.2, -0.15) is 0 Å². The van der Waals surface area contributed by atoms with E-state index in [0.29, 0.717) is 30.1 Å². The van der Waals surface area contributed by atoms with E-state index in [2.05, 4.69) is 5.73 Å². The highest BCUT2D eigenvalue weighted by molar-refractivity contribution is 5.70. The number of aliphatic carboxylic acids is 1. The number of aldehydes is 2. The van der Waals surface area contributed by atoms with Crippen molar-refractivity contribution in [1.29, 1.82) is 0 Å². The van der Waals surface area contributed by atoms with Crippen molar-refractivity contribution < 1.29 is 28.3 Å². The molecular weight excluding hydrogens is 364 g/mol. The SMILES string of the molecule is Cc1ccc(C=O)o1.Cc1ccc(C=O)o1.NC1CCCCC1.NCC(=O)O. The van der Waals surface area contributed by atoms with Crippen molar-refractivity contribution >= 4 is 18.5 Å². The molecule has 0 spiro atoms. The Morgan fingerprint density at radius 2 is 1.39 bits per heavy atom. The summed E-state index contributed by atoms with van der Waals surface area (Å²) < 4.78 is 9.73. The van der Waals surface area contributed by atoms with Crippen LogP contribution in [0.1, 0.15) is 64.7 Å². The number of nitrogens with two attached hydrogens (primary N) is 2. The Kier molecular flexibility index (Phi) is 13.9. The minimum absolute atomic E-state index is 0.278. The first-order valence-electron chi connectivity index (χ1n) is 9.03. The Balaban J connectivity index is 0.000000353. The van der Waals surface area contributed by atoms with Crippen LogP contribution in [0.15, 0.2) is 33.1 Å². The molecule has 0 bridgehead atoms. The van der Waals surface area contributed by atoms with Gasteiger partial charge in [-0.3, -0.25) is 14.4 Å². The molecule has 1 aliphatic rings. The summed E-state index contributed by atoms with van der Waals surface area (Å²) in [6.45, 7) is 3.32. The Labute approximate surface area is 164 Å². The smallest absolute Gasteiger partial charge is 0.317 e. The standard InChI is InChI=1S/C6H13N.2C6H6O2.C2H5NO2/c7-6-4-2-1-3-5-6;2*1-5-2-3-6(4-7)8-5;3-1-2(4)5/h6H,1-5,7H2;2*2-4H,1H3;1,3H2,(H,4,5). The summed E-state index contributed by atoms with van der Waals surface area (Å²) in [5, 5.41) is 7.60. The molecule has 1 aliphatic carbocycles. The van der Waals surface area contributed by atoms with E-state index >= 15 is 0 Å². The number of furan rings is 2. The molecule has 156 valence electrons. The molecule has 8 nitrogen and oxygen atoms in total. The van der Waals surface area contributed by atoms with Crippen LogP contribution in [0.3, 0.4) is 0 Å². The zero-order chi connectivity index (χ0) is 21.4. The van der Waals surface area contributed by atoms with Gasteiger partial charge in [-0.15, -0.1) is 0 Å². The van der Waals surface area contributed by atoms with Crippen LogP contribution in [0.4, 0.5) is 0 Å². The van der Waals surface area contributed by atoms with Crippen LogP contribution in [-0.2, 0) is 4.79 Å². The number of carboxylic acid groups (broad SMARTS) is 1. The monoisotopic (exact) mass is 394 g/mol. The maximum absolute atomic E-state index is 9.93. The van der Waals surface area contributed by atoms with Gasteiger partial charge in [0.15, 0.2) is 24.1 Å². The lowest BCUT2D eigenvalue weighted by Crippen LogP contribution is -2.22. The molecule has 0 unspecified atom stereocenters. The van der Waals surface area contributed by atoms with Gasteiger partial charge in [0.1, 0.15) is 11.5 Å². The van der Waals surface area contributed by atoms with E-state index in [0.717, 1.165) is 11.5 Å². The normalized spacial score (nSPS) is 12.9. The largest absolute Gasteiger partial charge is 0.480 e. The lowest BCUT2D eigenvalue weighted by Gasteiger charge is -2.15. The number of hydrogen-bond acceptors (Lipinski definition) is 7. The highest BCUT2D eigenvalue weighted by Crippen LogP contribution is 2.14. The summed E-state index contributed by atoms with van der Waals surface area (Å²) in [4.78, 5) is 29.1. The first-order chi connectivity index (χ1) is 13.3. The molecule has 1 saturated carbocycles. The zero-order valence-corrected chi connectivity index (χ0v) is 16.4. The number of aryl methyl sites for hydroxylation is 2. The quantitative estimate of drug-likeness (QED) is 0.672. The number of carbonyl (C=O) groups excluding carboxylic acids is 2. The van der Waals surface area contributed by atoms with E-state index in [1.54, 1.807) is 38.1 Å². The Morgan fingerprint density at radius 1 is 1.00 bits per heavy atom. The Hall–Kier alpha value is -2.71. The van der Waals surface area contributed by atoms with Crippen LogP contribution in [0.2, 0.25) is 0 Å². The fourth-order valence-corrected chi connectivity index (χ4v) is 2.17. The molecule has 0 atom stereocenters. The van der Waals surface area contributed by atoms with E-state index in [1.165, 1.54) is 32.1 Å². The number of hydrogen-bond donors (Lipinski definition) is 3. The van der Waals surface area contributed by atoms with E-state index in [9.17, 15) is 14.4 Å². The molecule has 2 heterocycles. The van der Waals surface area contributed by atoms with Crippen molar-refractivity contribution in [1.82, 2.24) is 0 Å². The van der Waals surface area contributed by atoms with Crippen molar-refractivity contribution in [3.8, 4) is 0 Å². The first-order valence-corrected chi connectivity index (χ1v) is 9.03. The van der Waals surface area contributed by atoms with Gasteiger partial charge in [0.25, 0.3) is 0 Å². The first kappa shape index (κ1) is 25.3. The molecule has 28 heavy (non-hydrogen) atoms. The lowest BCUT2D eigenvalue weighted by molar-refractivity contribution is -0.135. The number of rotatable bonds is 3. The van der Waals surface area contributed by atoms with Crippen molar-refractivity contribution in [2.75, 3.05) is 6.54 Å². The highest BCUT2D eigenvalue weighted by atomic mass is 16.4. The predicted molar refractivity (Wildman–Crippen MR) is 105 cm³/mol. The topological polar surface area (TPSA) is 150 Å². The van der Waals surface area contributed by atoms with Crippen molar-refractivity contribution in [2.45, 2.75) is 52.0 Å². The van der Waals surface area contributed by atoms with E-state index < -0.39 is 5.97 Å². The summed E-state index contributed by atoms with van der Waals surface area (Å²) >= 11 is 0. The molecule has 0 amide bonds. The van der Waals surface area contributed by atoms with Crippen molar-refractivity contribution in [2.24, 2.45) is 11.5 Å². The van der Waals surface area contributed by atoms with Crippen molar-refractivity contribution in [3.63, 3.8) is 0 Å². The third kappa shape index (κ3) is 13.5. The van der Waals surface area contributed by atoms with Crippen LogP contribution in [0.25, 0.3) is 0 Å². The van der Waals surface area contributed by atoms with E-state index in [4.69, 9.17) is 19.7 Å². The third-order valence-electron chi connectivity index (χ3n) is 3.58. The lowest BCUT2D eigenvalue weighted by atomic mass is 9.97. The molecule has 2 aromatic rings. The molecule has 8 heteroatoms. The van der Waals surface area contributed by atoms with Gasteiger partial charge in [0.05, 0.1) is 6.54 Å². The Bertz CT molecular complexity index is 642. The summed E-state index contributed by atoms with van der Waals surface area (Å²) in [6.07, 6.45) is 8.04. The third-order valence-corrected chi connectivity index (χ3v) is 3.58. The van der Waals surface area contributed by atoms with Crippen molar-refractivity contribution in [3.05, 3.63) is 47.3 Å². The number of carbonyl (C=O) groups is 3. The summed E-state index contributed by atoms with van der Waals surface area (Å²) in [6, 6.07) is 7.33. The summed E-state index contributed by atoms with van der Waals surface area (Å²) in [5.41, 5.74) is 10.2. The van der Waals surface area contributed by atoms with Gasteiger partial charge >= 0.3 is 5.97 Å². The molecule has 3 rings (SSSR count). The highest BCUT2D eigenvalue weighted by Gasteiger charge is 2.06. The molecular formula is C20H30N2O6. The van der Waals surface area contributed by atoms with Gasteiger partial charge < -0.3 is 25.4 Å². The van der Waals surface area contributed by atoms with Crippen LogP contribution >= 0.6 is 0 Å². The maximum Gasteiger partial charge on any atom is 0.317 e. The average molecular weight is 394 g/mol. The molecule has 0 saturated heterocycles. The minimum Gasteiger partial charge on any atom is -0.480 e. The molecule has 1 fully saturated rings. The van der Waals surface area contributed by atoms with Crippen LogP contribution in [0.5, 0.6) is 0 Å². The van der Waals surface area contributed by atoms with Gasteiger partial charge in [0.2, 0.25) is 0 Å². The molecule has 0 aliphatic heterocycles. The second kappa shape index (κ2) is 15.4. The number of carboxylic acids is 1. The van der Waals surface area contributed by atoms with Gasteiger partial charge in [0, 0.05) is 6.04 Å². The van der Waals surface area contributed by atoms with Gasteiger partial charge in [-0.05, 0) is 51.0 Å². The Morgan fingerprint density at radius 3 is 1.54 bits per heavy atom. The second-order valence-electron chi connectivity index (χ2n) is 6.13. The predicted octanol–water partition coefficient (Wildman–Crippen LogP) is 3.11. The molecule has 0 radical (unpaired) electrons. The van der Waals surface area contributed by atoms with Gasteiger partial charge in [-0.1, -0.05) is 19.3 Å². The minimum atomic E-state index is -0.968. The molecule has 0 aromatic carbocycles. The van der Waals surface area contributed by atoms with Crippen LogP contribution in [0, 0.1) is 13.8 Å². The molecule has 5 N–H and O–H groups in total. The summed E-state index contributed by atoms with van der Waals surface area (Å²) in [5.74, 6) is 1.36. The average Bonchev–Trinajstić information content (AvgIpc) is 3.31. The fourth-order valence-electron chi connectivity index (χ4n) is 2.17. The van der Waals surface area contributed by atoms with Crippen LogP contribution < -0.4 is 11.5 Å². The summed E-state index contributed by atoms with van der Waals surface area (Å²) in [7, 11) is 0. The van der Waals surface area contributed by atoms with E-state index in [1.807, 2.05) is 0 Å². The van der Waals surface area contributed by atoms with Crippen LogP contribution in [-0.4, -0.2) is 36.2 Å². The fraction of sp³-hybridized carbons (Fsp3) is 0.450. The van der Waals surface area contributed by atoms with E-state index in [-0.39, 0.29) is 6.54 Å². The second-order valence-corrected chi connectivity index (χ2v) is 6.13. The molecule has 2 aromatic heterocycles. The maximum atomic E-state index is 9.93. The van der Waals surface area contributed by atoms with Gasteiger partial charge in [-0.25, -0.2) is 0 Å². The zero-order valence-electron chi connectivity index (χ0n) is 16.4.